The molecule has 1 aliphatic heterocycles. The summed E-state index contributed by atoms with van der Waals surface area (Å²) < 4.78 is 11.6. The largest absolute Gasteiger partial charge is 0.482 e. The van der Waals surface area contributed by atoms with Crippen LogP contribution in [0.4, 0.5) is 11.4 Å². The summed E-state index contributed by atoms with van der Waals surface area (Å²) >= 11 is 0. The van der Waals surface area contributed by atoms with Crippen molar-refractivity contribution in [2.24, 2.45) is 0 Å². The van der Waals surface area contributed by atoms with Crippen LogP contribution in [0.3, 0.4) is 0 Å². The maximum atomic E-state index is 12.3. The average Bonchev–Trinajstić information content (AvgIpc) is 2.90. The van der Waals surface area contributed by atoms with Crippen LogP contribution in [-0.4, -0.2) is 23.0 Å². The molecule has 1 aliphatic rings. The number of nitrogens with zero attached hydrogens (tertiary/aromatic N) is 1. The number of aromatic nitrogens is 1. The molecule has 0 spiro atoms. The van der Waals surface area contributed by atoms with Gasteiger partial charge in [-0.05, 0) is 30.3 Å². The summed E-state index contributed by atoms with van der Waals surface area (Å²) in [6.45, 7) is -0.217. The predicted molar refractivity (Wildman–Crippen MR) is 89.7 cm³/mol. The Bertz CT molecular complexity index is 1050. The summed E-state index contributed by atoms with van der Waals surface area (Å²) in [5, 5.41) is 5.36. The van der Waals surface area contributed by atoms with Crippen molar-refractivity contribution < 1.29 is 18.7 Å². The third-order valence-corrected chi connectivity index (χ3v) is 3.77. The van der Waals surface area contributed by atoms with Gasteiger partial charge in [-0.15, -0.1) is 0 Å². The highest BCUT2D eigenvalue weighted by atomic mass is 16.5. The average molecular weight is 339 g/mol. The first-order valence-corrected chi connectivity index (χ1v) is 7.55. The maximum Gasteiger partial charge on any atom is 0.420 e. The molecule has 0 unspecified atom stereocenters. The van der Waals surface area contributed by atoms with E-state index in [0.29, 0.717) is 28.2 Å². The number of hydrogen-bond acceptors (Lipinski definition) is 5. The minimum absolute atomic E-state index is 0.0326. The predicted octanol–water partition coefficient (Wildman–Crippen LogP) is 1.56. The molecule has 8 nitrogen and oxygen atoms in total. The second-order valence-electron chi connectivity index (χ2n) is 5.52. The van der Waals surface area contributed by atoms with Crippen molar-refractivity contribution in [1.82, 2.24) is 4.57 Å². The van der Waals surface area contributed by atoms with Gasteiger partial charge in [-0.25, -0.2) is 4.79 Å². The van der Waals surface area contributed by atoms with Crippen LogP contribution in [0.2, 0.25) is 0 Å². The lowest BCUT2D eigenvalue weighted by Crippen LogP contribution is -2.26. The highest BCUT2D eigenvalue weighted by Gasteiger charge is 2.17. The molecule has 0 atom stereocenters. The van der Waals surface area contributed by atoms with Gasteiger partial charge in [0.25, 0.3) is 5.91 Å². The first kappa shape index (κ1) is 15.0. The molecule has 0 saturated heterocycles. The number of carbonyl (C=O) groups is 2. The molecule has 25 heavy (non-hydrogen) atoms. The lowest BCUT2D eigenvalue weighted by molar-refractivity contribution is -0.118. The van der Waals surface area contributed by atoms with E-state index in [-0.39, 0.29) is 19.1 Å². The number of ether oxygens (including phenoxy) is 1. The summed E-state index contributed by atoms with van der Waals surface area (Å²) in [5.41, 5.74) is 1.94. The fourth-order valence-electron chi connectivity index (χ4n) is 2.67. The number of benzene rings is 2. The fourth-order valence-corrected chi connectivity index (χ4v) is 2.67. The molecule has 2 aromatic carbocycles. The standard InChI is InChI=1S/C17H13N3O5/c21-15(8-20-12-3-1-2-4-14(12)25-17(20)23)18-10-5-6-13-11(7-10)19-16(22)9-24-13/h1-7H,8-9H2,(H,18,21)(H,19,22). The summed E-state index contributed by atoms with van der Waals surface area (Å²) in [6.07, 6.45) is 0. The third-order valence-electron chi connectivity index (χ3n) is 3.77. The molecule has 0 saturated carbocycles. The van der Waals surface area contributed by atoms with Gasteiger partial charge in [0.2, 0.25) is 5.91 Å². The minimum Gasteiger partial charge on any atom is -0.482 e. The molecular weight excluding hydrogens is 326 g/mol. The van der Waals surface area contributed by atoms with Crippen LogP contribution in [0.1, 0.15) is 0 Å². The van der Waals surface area contributed by atoms with Gasteiger partial charge in [-0.1, -0.05) is 12.1 Å². The Kier molecular flexibility index (Phi) is 3.50. The molecule has 2 N–H and O–H groups in total. The monoisotopic (exact) mass is 339 g/mol. The Morgan fingerprint density at radius 3 is 2.92 bits per heavy atom. The molecule has 3 aromatic rings. The third kappa shape index (κ3) is 2.85. The molecule has 0 bridgehead atoms. The van der Waals surface area contributed by atoms with E-state index < -0.39 is 11.7 Å². The SMILES string of the molecule is O=C(Cn1c(=O)oc2ccccc21)Nc1ccc2c(c1)NC(=O)CO2. The van der Waals surface area contributed by atoms with Gasteiger partial charge < -0.3 is 19.8 Å². The molecule has 0 radical (unpaired) electrons. The van der Waals surface area contributed by atoms with Crippen LogP contribution in [0.15, 0.2) is 51.7 Å². The van der Waals surface area contributed by atoms with Crippen molar-refractivity contribution in [3.63, 3.8) is 0 Å². The number of para-hydroxylation sites is 2. The quantitative estimate of drug-likeness (QED) is 0.754. The Hall–Kier alpha value is -3.55. The van der Waals surface area contributed by atoms with Crippen LogP contribution < -0.4 is 21.1 Å². The number of oxazole rings is 1. The molecule has 0 aliphatic carbocycles. The second kappa shape index (κ2) is 5.82. The second-order valence-corrected chi connectivity index (χ2v) is 5.52. The number of nitrogens with one attached hydrogen (secondary N) is 2. The van der Waals surface area contributed by atoms with E-state index in [2.05, 4.69) is 10.6 Å². The van der Waals surface area contributed by atoms with E-state index in [0.717, 1.165) is 0 Å². The molecule has 8 heteroatoms. The lowest BCUT2D eigenvalue weighted by Gasteiger charge is -2.18. The van der Waals surface area contributed by atoms with Gasteiger partial charge in [0, 0.05) is 5.69 Å². The van der Waals surface area contributed by atoms with Gasteiger partial charge in [0.1, 0.15) is 12.3 Å². The van der Waals surface area contributed by atoms with Crippen molar-refractivity contribution in [2.45, 2.75) is 6.54 Å². The zero-order valence-corrected chi connectivity index (χ0v) is 12.9. The first-order valence-electron chi connectivity index (χ1n) is 7.55. The van der Waals surface area contributed by atoms with Crippen molar-refractivity contribution in [2.75, 3.05) is 17.2 Å². The van der Waals surface area contributed by atoms with Crippen molar-refractivity contribution in [3.05, 3.63) is 53.0 Å². The molecule has 4 rings (SSSR count). The Labute approximate surface area is 141 Å². The van der Waals surface area contributed by atoms with Gasteiger partial charge in [-0.2, -0.15) is 0 Å². The van der Waals surface area contributed by atoms with Gasteiger partial charge >= 0.3 is 5.76 Å². The van der Waals surface area contributed by atoms with Gasteiger partial charge in [0.15, 0.2) is 12.2 Å². The van der Waals surface area contributed by atoms with Crippen LogP contribution in [-0.2, 0) is 16.1 Å². The van der Waals surface area contributed by atoms with E-state index in [1.54, 1.807) is 42.5 Å². The van der Waals surface area contributed by atoms with Crippen LogP contribution in [0.5, 0.6) is 5.75 Å². The summed E-state index contributed by atoms with van der Waals surface area (Å²) in [7, 11) is 0. The highest BCUT2D eigenvalue weighted by molar-refractivity contribution is 5.97. The molecule has 2 amide bonds. The van der Waals surface area contributed by atoms with Crippen LogP contribution in [0.25, 0.3) is 11.1 Å². The van der Waals surface area contributed by atoms with Crippen molar-refractivity contribution in [1.29, 1.82) is 0 Å². The Morgan fingerprint density at radius 1 is 1.20 bits per heavy atom. The molecule has 1 aromatic heterocycles. The number of hydrogen-bond donors (Lipinski definition) is 2. The Morgan fingerprint density at radius 2 is 2.04 bits per heavy atom. The maximum absolute atomic E-state index is 12.3. The number of rotatable bonds is 3. The van der Waals surface area contributed by atoms with Crippen molar-refractivity contribution in [3.8, 4) is 5.75 Å². The number of anilines is 2. The lowest BCUT2D eigenvalue weighted by atomic mass is 10.2. The Balaban J connectivity index is 1.54. The zero-order chi connectivity index (χ0) is 17.4. The van der Waals surface area contributed by atoms with E-state index >= 15 is 0 Å². The van der Waals surface area contributed by atoms with E-state index in [1.807, 2.05) is 0 Å². The van der Waals surface area contributed by atoms with E-state index in [9.17, 15) is 14.4 Å². The van der Waals surface area contributed by atoms with E-state index in [4.69, 9.17) is 9.15 Å². The van der Waals surface area contributed by atoms with E-state index in [1.165, 1.54) is 4.57 Å². The van der Waals surface area contributed by atoms with Crippen LogP contribution >= 0.6 is 0 Å². The first-order chi connectivity index (χ1) is 12.1. The summed E-state index contributed by atoms with van der Waals surface area (Å²) in [6, 6.07) is 11.8. The highest BCUT2D eigenvalue weighted by Crippen LogP contribution is 2.30. The molecule has 126 valence electrons. The van der Waals surface area contributed by atoms with Gasteiger partial charge in [0.05, 0.1) is 11.2 Å². The summed E-state index contributed by atoms with van der Waals surface area (Å²) in [4.78, 5) is 35.5. The topological polar surface area (TPSA) is 103 Å². The molecule has 2 heterocycles. The normalized spacial score (nSPS) is 13.0. The fraction of sp³-hybridized carbons (Fsp3) is 0.118. The number of carbonyl (C=O) groups excluding carboxylic acids is 2. The molecule has 0 fully saturated rings. The number of amides is 2. The van der Waals surface area contributed by atoms with Crippen LogP contribution in [0, 0.1) is 0 Å². The number of fused-ring (bicyclic) bond motifs is 2. The zero-order valence-electron chi connectivity index (χ0n) is 12.9. The smallest absolute Gasteiger partial charge is 0.420 e. The van der Waals surface area contributed by atoms with Gasteiger partial charge in [-0.3, -0.25) is 14.2 Å². The minimum atomic E-state index is -0.595. The molecular formula is C17H13N3O5. The summed E-state index contributed by atoms with van der Waals surface area (Å²) in [5.74, 6) is -0.707. The van der Waals surface area contributed by atoms with Crippen molar-refractivity contribution >= 4 is 34.3 Å².